The molecule has 0 saturated heterocycles. The van der Waals surface area contributed by atoms with E-state index in [0.29, 0.717) is 5.69 Å². The van der Waals surface area contributed by atoms with Crippen LogP contribution in [0, 0.1) is 5.92 Å². The number of para-hydroxylation sites is 1. The van der Waals surface area contributed by atoms with Crippen LogP contribution in [0.5, 0.6) is 0 Å². The van der Waals surface area contributed by atoms with E-state index in [1.165, 1.54) is 0 Å². The number of nitrogen functional groups attached to an aromatic ring is 1. The van der Waals surface area contributed by atoms with Crippen LogP contribution < -0.4 is 16.0 Å². The van der Waals surface area contributed by atoms with E-state index < -0.39 is 0 Å². The van der Waals surface area contributed by atoms with E-state index in [1.54, 1.807) is 12.1 Å². The second-order valence-corrected chi connectivity index (χ2v) is 5.92. The maximum Gasteiger partial charge on any atom is 0.247 e. The number of likely N-dealkylation sites (N-methyl/N-ethyl adjacent to an activating group) is 1. The lowest BCUT2D eigenvalue weighted by Crippen LogP contribution is -2.47. The lowest BCUT2D eigenvalue weighted by Gasteiger charge is -2.34. The molecule has 0 aliphatic heterocycles. The third-order valence-electron chi connectivity index (χ3n) is 3.84. The van der Waals surface area contributed by atoms with Crippen molar-refractivity contribution in [2.24, 2.45) is 5.92 Å². The average molecular weight is 311 g/mol. The average Bonchev–Trinajstić information content (AvgIpc) is 2.55. The molecule has 0 heterocycles. The summed E-state index contributed by atoms with van der Waals surface area (Å²) in [6.45, 7) is 6.97. The minimum absolute atomic E-state index is 0.00419. The van der Waals surface area contributed by atoms with E-state index in [4.69, 9.17) is 5.73 Å². The number of nitrogens with one attached hydrogen (secondary N) is 1. The highest BCUT2D eigenvalue weighted by Gasteiger charge is 2.28. The van der Waals surface area contributed by atoms with Crippen LogP contribution in [0.2, 0.25) is 0 Å². The zero-order valence-corrected chi connectivity index (χ0v) is 14.0. The minimum Gasteiger partial charge on any atom is -0.399 e. The van der Waals surface area contributed by atoms with Gasteiger partial charge in [0, 0.05) is 23.6 Å². The molecule has 2 aromatic rings. The first-order valence-electron chi connectivity index (χ1n) is 8.01. The molecule has 4 nitrogen and oxygen atoms in total. The minimum atomic E-state index is -0.236. The van der Waals surface area contributed by atoms with Gasteiger partial charge < -0.3 is 16.0 Å². The van der Waals surface area contributed by atoms with Crippen LogP contribution in [0.3, 0.4) is 0 Å². The molecule has 0 radical (unpaired) electrons. The van der Waals surface area contributed by atoms with Crippen molar-refractivity contribution >= 4 is 23.0 Å². The fraction of sp³-hybridized carbons (Fsp3) is 0.316. The van der Waals surface area contributed by atoms with E-state index in [1.807, 2.05) is 42.5 Å². The largest absolute Gasteiger partial charge is 0.399 e. The van der Waals surface area contributed by atoms with Crippen molar-refractivity contribution in [3.05, 3.63) is 54.6 Å². The number of hydrogen-bond acceptors (Lipinski definition) is 3. The number of rotatable bonds is 6. The Bertz CT molecular complexity index is 623. The van der Waals surface area contributed by atoms with E-state index in [9.17, 15) is 4.79 Å². The fourth-order valence-corrected chi connectivity index (χ4v) is 2.75. The molecule has 1 amide bonds. The van der Waals surface area contributed by atoms with Crippen molar-refractivity contribution in [1.29, 1.82) is 0 Å². The van der Waals surface area contributed by atoms with E-state index >= 15 is 0 Å². The van der Waals surface area contributed by atoms with Gasteiger partial charge >= 0.3 is 0 Å². The SMILES string of the molecule is CCN(c1ccccc1)C(C(=O)Nc1ccc(N)cc1)C(C)C. The molecule has 3 N–H and O–H groups in total. The molecule has 0 aromatic heterocycles. The third-order valence-corrected chi connectivity index (χ3v) is 3.84. The van der Waals surface area contributed by atoms with Crippen LogP contribution in [0.1, 0.15) is 20.8 Å². The van der Waals surface area contributed by atoms with Crippen molar-refractivity contribution in [1.82, 2.24) is 0 Å². The van der Waals surface area contributed by atoms with Gasteiger partial charge in [-0.3, -0.25) is 4.79 Å². The second-order valence-electron chi connectivity index (χ2n) is 5.92. The van der Waals surface area contributed by atoms with Gasteiger partial charge in [-0.25, -0.2) is 0 Å². The maximum atomic E-state index is 12.8. The van der Waals surface area contributed by atoms with Gasteiger partial charge in [-0.05, 0) is 49.2 Å². The second kappa shape index (κ2) is 7.68. The highest BCUT2D eigenvalue weighted by Crippen LogP contribution is 2.22. The molecule has 1 unspecified atom stereocenters. The molecule has 0 bridgehead atoms. The van der Waals surface area contributed by atoms with Crippen LogP contribution in [-0.2, 0) is 4.79 Å². The van der Waals surface area contributed by atoms with Gasteiger partial charge in [0.1, 0.15) is 6.04 Å². The van der Waals surface area contributed by atoms with Crippen molar-refractivity contribution in [3.8, 4) is 0 Å². The van der Waals surface area contributed by atoms with Gasteiger partial charge in [-0.1, -0.05) is 32.0 Å². The first kappa shape index (κ1) is 16.9. The number of nitrogens with two attached hydrogens (primary N) is 1. The summed E-state index contributed by atoms with van der Waals surface area (Å²) in [6.07, 6.45) is 0. The predicted molar refractivity (Wildman–Crippen MR) is 97.6 cm³/mol. The van der Waals surface area contributed by atoms with Crippen molar-refractivity contribution in [2.75, 3.05) is 22.5 Å². The molecule has 0 fully saturated rings. The van der Waals surface area contributed by atoms with Crippen LogP contribution in [-0.4, -0.2) is 18.5 Å². The molecule has 122 valence electrons. The Balaban J connectivity index is 2.22. The zero-order valence-electron chi connectivity index (χ0n) is 14.0. The highest BCUT2D eigenvalue weighted by molar-refractivity contribution is 5.97. The van der Waals surface area contributed by atoms with Gasteiger partial charge in [0.05, 0.1) is 0 Å². The first-order valence-corrected chi connectivity index (χ1v) is 8.01. The Morgan fingerprint density at radius 3 is 2.22 bits per heavy atom. The number of nitrogens with zero attached hydrogens (tertiary/aromatic N) is 1. The molecule has 0 aliphatic carbocycles. The normalized spacial score (nSPS) is 12.0. The Kier molecular flexibility index (Phi) is 5.63. The molecule has 2 aromatic carbocycles. The Labute approximate surface area is 138 Å². The van der Waals surface area contributed by atoms with Crippen molar-refractivity contribution in [3.63, 3.8) is 0 Å². The van der Waals surface area contributed by atoms with Crippen LogP contribution in [0.25, 0.3) is 0 Å². The number of carbonyl (C=O) groups is 1. The summed E-state index contributed by atoms with van der Waals surface area (Å²) in [5.74, 6) is 0.180. The molecule has 0 spiro atoms. The molecule has 0 saturated carbocycles. The first-order chi connectivity index (χ1) is 11.0. The molecule has 4 heteroatoms. The van der Waals surface area contributed by atoms with Gasteiger partial charge in [-0.2, -0.15) is 0 Å². The summed E-state index contributed by atoms with van der Waals surface area (Å²) in [5, 5.41) is 3.00. The summed E-state index contributed by atoms with van der Waals surface area (Å²) in [5.41, 5.74) is 8.19. The van der Waals surface area contributed by atoms with Crippen molar-refractivity contribution in [2.45, 2.75) is 26.8 Å². The van der Waals surface area contributed by atoms with E-state index in [0.717, 1.165) is 17.9 Å². The standard InChI is InChI=1S/C19H25N3O/c1-4-22(17-8-6-5-7-9-17)18(14(2)3)19(23)21-16-12-10-15(20)11-13-16/h5-14,18H,4,20H2,1-3H3,(H,21,23). The number of carbonyl (C=O) groups excluding carboxylic acids is 1. The zero-order chi connectivity index (χ0) is 16.8. The lowest BCUT2D eigenvalue weighted by molar-refractivity contribution is -0.118. The highest BCUT2D eigenvalue weighted by atomic mass is 16.2. The molecule has 23 heavy (non-hydrogen) atoms. The predicted octanol–water partition coefficient (Wildman–Crippen LogP) is 3.76. The quantitative estimate of drug-likeness (QED) is 0.799. The molecular weight excluding hydrogens is 286 g/mol. The summed E-state index contributed by atoms with van der Waals surface area (Å²) in [4.78, 5) is 15.0. The molecule has 0 aliphatic rings. The van der Waals surface area contributed by atoms with Gasteiger partial charge in [0.25, 0.3) is 0 Å². The fourth-order valence-electron chi connectivity index (χ4n) is 2.75. The van der Waals surface area contributed by atoms with Crippen molar-refractivity contribution < 1.29 is 4.79 Å². The lowest BCUT2D eigenvalue weighted by atomic mass is 10.0. The summed E-state index contributed by atoms with van der Waals surface area (Å²) in [6, 6.07) is 17.0. The summed E-state index contributed by atoms with van der Waals surface area (Å²) in [7, 11) is 0. The molecule has 1 atom stereocenters. The van der Waals surface area contributed by atoms with Crippen LogP contribution in [0.15, 0.2) is 54.6 Å². The van der Waals surface area contributed by atoms with Crippen LogP contribution in [0.4, 0.5) is 17.1 Å². The number of amides is 1. The van der Waals surface area contributed by atoms with Gasteiger partial charge in [0.2, 0.25) is 5.91 Å². The Morgan fingerprint density at radius 1 is 1.09 bits per heavy atom. The number of benzene rings is 2. The number of hydrogen-bond donors (Lipinski definition) is 2. The van der Waals surface area contributed by atoms with Crippen LogP contribution >= 0.6 is 0 Å². The third kappa shape index (κ3) is 4.25. The summed E-state index contributed by atoms with van der Waals surface area (Å²) >= 11 is 0. The van der Waals surface area contributed by atoms with Gasteiger partial charge in [0.15, 0.2) is 0 Å². The monoisotopic (exact) mass is 311 g/mol. The smallest absolute Gasteiger partial charge is 0.247 e. The van der Waals surface area contributed by atoms with E-state index in [-0.39, 0.29) is 17.9 Å². The van der Waals surface area contributed by atoms with Gasteiger partial charge in [-0.15, -0.1) is 0 Å². The van der Waals surface area contributed by atoms with E-state index in [2.05, 4.69) is 31.0 Å². The molecular formula is C19H25N3O. The Morgan fingerprint density at radius 2 is 1.70 bits per heavy atom. The Hall–Kier alpha value is -2.49. The molecule has 2 rings (SSSR count). The number of anilines is 3. The summed E-state index contributed by atoms with van der Waals surface area (Å²) < 4.78 is 0. The topological polar surface area (TPSA) is 58.4 Å². The maximum absolute atomic E-state index is 12.8.